The molecule has 3 atom stereocenters. The second-order valence-electron chi connectivity index (χ2n) is 16.1. The Labute approximate surface area is 360 Å². The lowest BCUT2D eigenvalue weighted by Gasteiger charge is -2.35. The number of para-hydroxylation sites is 2. The predicted octanol–water partition coefficient (Wildman–Crippen LogP) is 5.29. The molecule has 3 aromatic carbocycles. The van der Waals surface area contributed by atoms with Gasteiger partial charge in [0.25, 0.3) is 5.91 Å². The Balaban J connectivity index is 0.945. The van der Waals surface area contributed by atoms with E-state index in [1.807, 2.05) is 57.5 Å². The molecule has 15 nitrogen and oxygen atoms in total. The third-order valence-corrected chi connectivity index (χ3v) is 11.1. The number of rotatable bonds is 20. The van der Waals surface area contributed by atoms with E-state index in [1.54, 1.807) is 59.9 Å². The number of nitrogen functional groups attached to an aromatic ring is 1. The van der Waals surface area contributed by atoms with E-state index in [2.05, 4.69) is 26.3 Å². The molecule has 2 heterocycles. The lowest BCUT2D eigenvalue weighted by molar-refractivity contribution is -0.144. The first-order valence-electron chi connectivity index (χ1n) is 20.5. The van der Waals surface area contributed by atoms with E-state index in [9.17, 15) is 29.1 Å². The number of anilines is 3. The third-order valence-electron chi connectivity index (χ3n) is 10.1. The molecule has 1 fully saturated rings. The molecule has 0 aliphatic carbocycles. The number of β-amino-alcohol motifs (C(OH)–C–C–N with tert-alkyl or cyclic N) is 1. The average molecular weight is 856 g/mol. The number of thiazole rings is 1. The highest BCUT2D eigenvalue weighted by molar-refractivity contribution is 7.13. The lowest BCUT2D eigenvalue weighted by atomic mass is 9.85. The fourth-order valence-corrected chi connectivity index (χ4v) is 7.59. The van der Waals surface area contributed by atoms with Gasteiger partial charge in [-0.25, -0.2) is 4.98 Å². The highest BCUT2D eigenvalue weighted by Gasteiger charge is 2.44. The van der Waals surface area contributed by atoms with Crippen molar-refractivity contribution in [3.63, 3.8) is 0 Å². The Morgan fingerprint density at radius 2 is 1.54 bits per heavy atom. The van der Waals surface area contributed by atoms with Crippen LogP contribution in [0.1, 0.15) is 74.5 Å². The maximum Gasteiger partial charge on any atom is 0.255 e. The van der Waals surface area contributed by atoms with Crippen LogP contribution >= 0.6 is 11.3 Å². The van der Waals surface area contributed by atoms with Crippen molar-refractivity contribution in [2.24, 2.45) is 5.41 Å². The summed E-state index contributed by atoms with van der Waals surface area (Å²) in [5.41, 5.74) is 11.9. The highest BCUT2D eigenvalue weighted by Crippen LogP contribution is 2.28. The van der Waals surface area contributed by atoms with Crippen molar-refractivity contribution in [1.29, 1.82) is 0 Å². The number of amides is 5. The molecule has 0 bridgehead atoms. The van der Waals surface area contributed by atoms with Gasteiger partial charge < -0.3 is 46.5 Å². The molecule has 0 radical (unpaired) electrons. The van der Waals surface area contributed by atoms with Gasteiger partial charge in [0, 0.05) is 44.0 Å². The molecular formula is C45H57N7O8S. The van der Waals surface area contributed by atoms with Crippen LogP contribution in [0.25, 0.3) is 10.4 Å². The van der Waals surface area contributed by atoms with Crippen LogP contribution < -0.4 is 27.0 Å². The minimum absolute atomic E-state index is 0.0129. The van der Waals surface area contributed by atoms with Crippen molar-refractivity contribution in [2.45, 2.75) is 84.5 Å². The van der Waals surface area contributed by atoms with Gasteiger partial charge in [-0.1, -0.05) is 70.0 Å². The number of benzene rings is 3. The molecule has 1 aromatic heterocycles. The molecular weight excluding hydrogens is 799 g/mol. The average Bonchev–Trinajstić information content (AvgIpc) is 3.85. The molecule has 5 rings (SSSR count). The first-order chi connectivity index (χ1) is 29.2. The predicted molar refractivity (Wildman–Crippen MR) is 236 cm³/mol. The number of aryl methyl sites for hydroxylation is 1. The summed E-state index contributed by atoms with van der Waals surface area (Å²) >= 11 is 1.57. The van der Waals surface area contributed by atoms with Gasteiger partial charge in [-0.2, -0.15) is 0 Å². The fourth-order valence-electron chi connectivity index (χ4n) is 6.78. The standard InChI is InChI=1S/C45H57N7O8S/c1-29-40(61-28-48-29)31-15-13-30(14-16-31)24-47-43(57)37-23-34(53)25-52(37)44(58)41(45(2,3)4)51-39(55)27-60-22-10-6-5-9-21-59-26-38(54)49-33-19-17-32(18-20-33)42(56)50-36-12-8-7-11-35(36)46/h7-8,11-20,28,34,37,41,53H,5-6,9-10,21-27,46H2,1-4H3,(H,47,57)(H,49,54)(H,50,56)(H,51,55)/t34?,37?,41-/m1/s1. The monoisotopic (exact) mass is 855 g/mol. The van der Waals surface area contributed by atoms with Crippen LogP contribution in [0.4, 0.5) is 17.1 Å². The molecule has 16 heteroatoms. The topological polar surface area (TPSA) is 214 Å². The van der Waals surface area contributed by atoms with E-state index >= 15 is 0 Å². The molecule has 1 aliphatic rings. The largest absolute Gasteiger partial charge is 0.397 e. The highest BCUT2D eigenvalue weighted by atomic mass is 32.1. The van der Waals surface area contributed by atoms with Gasteiger partial charge in [0.05, 0.1) is 33.6 Å². The Hall–Kier alpha value is -5.68. The molecule has 5 amide bonds. The number of aliphatic hydroxyl groups excluding tert-OH is 1. The number of aromatic nitrogens is 1. The molecule has 61 heavy (non-hydrogen) atoms. The zero-order chi connectivity index (χ0) is 43.9. The van der Waals surface area contributed by atoms with Crippen LogP contribution in [0.3, 0.4) is 0 Å². The normalized spacial score (nSPS) is 15.5. The van der Waals surface area contributed by atoms with Crippen LogP contribution in [0.5, 0.6) is 0 Å². The summed E-state index contributed by atoms with van der Waals surface area (Å²) in [4.78, 5) is 71.9. The van der Waals surface area contributed by atoms with E-state index < -0.39 is 35.4 Å². The number of hydrogen-bond donors (Lipinski definition) is 6. The van der Waals surface area contributed by atoms with E-state index in [4.69, 9.17) is 15.2 Å². The Morgan fingerprint density at radius 3 is 2.16 bits per heavy atom. The first-order valence-corrected chi connectivity index (χ1v) is 21.3. The van der Waals surface area contributed by atoms with Crippen molar-refractivity contribution in [3.8, 4) is 10.4 Å². The van der Waals surface area contributed by atoms with Crippen LogP contribution in [0.2, 0.25) is 0 Å². The number of carbonyl (C=O) groups is 5. The molecule has 2 unspecified atom stereocenters. The molecule has 0 saturated carbocycles. The Kier molecular flexibility index (Phi) is 16.9. The zero-order valence-electron chi connectivity index (χ0n) is 35.2. The second kappa shape index (κ2) is 22.2. The Bertz CT molecular complexity index is 2100. The molecule has 0 spiro atoms. The van der Waals surface area contributed by atoms with Crippen LogP contribution in [0, 0.1) is 12.3 Å². The number of likely N-dealkylation sites (tertiary alicyclic amines) is 1. The number of hydrogen-bond acceptors (Lipinski definition) is 11. The number of nitrogens with zero attached hydrogens (tertiary/aromatic N) is 2. The van der Waals surface area contributed by atoms with Gasteiger partial charge in [0.15, 0.2) is 0 Å². The minimum atomic E-state index is -0.950. The maximum absolute atomic E-state index is 13.9. The second-order valence-corrected chi connectivity index (χ2v) is 17.0. The van der Waals surface area contributed by atoms with Crippen molar-refractivity contribution < 1.29 is 38.6 Å². The van der Waals surface area contributed by atoms with Crippen molar-refractivity contribution in [3.05, 3.63) is 95.1 Å². The van der Waals surface area contributed by atoms with E-state index in [1.165, 1.54) is 4.90 Å². The number of ether oxygens (including phenoxy) is 2. The van der Waals surface area contributed by atoms with Gasteiger partial charge in [-0.3, -0.25) is 24.0 Å². The lowest BCUT2D eigenvalue weighted by Crippen LogP contribution is -2.58. The van der Waals surface area contributed by atoms with E-state index in [0.29, 0.717) is 42.3 Å². The summed E-state index contributed by atoms with van der Waals surface area (Å²) < 4.78 is 11.1. The van der Waals surface area contributed by atoms with Crippen molar-refractivity contribution in [2.75, 3.05) is 49.3 Å². The van der Waals surface area contributed by atoms with Crippen molar-refractivity contribution in [1.82, 2.24) is 20.5 Å². The SMILES string of the molecule is Cc1ncsc1-c1ccc(CNC(=O)C2CC(O)CN2C(=O)[C@@H](NC(=O)COCCCCCCOCC(=O)Nc2ccc(C(=O)Nc3ccccc3N)cc2)C(C)(C)C)cc1. The summed E-state index contributed by atoms with van der Waals surface area (Å²) in [7, 11) is 0. The van der Waals surface area contributed by atoms with Crippen LogP contribution in [0.15, 0.2) is 78.3 Å². The summed E-state index contributed by atoms with van der Waals surface area (Å²) in [6, 6.07) is 19.5. The first kappa shape index (κ1) is 46.4. The van der Waals surface area contributed by atoms with Crippen LogP contribution in [-0.2, 0) is 35.2 Å². The fraction of sp³-hybridized carbons (Fsp3) is 0.422. The molecule has 7 N–H and O–H groups in total. The third kappa shape index (κ3) is 13.9. The Morgan fingerprint density at radius 1 is 0.885 bits per heavy atom. The summed E-state index contributed by atoms with van der Waals surface area (Å²) in [5.74, 6) is -1.88. The van der Waals surface area contributed by atoms with Crippen LogP contribution in [-0.4, -0.2) is 95.7 Å². The number of aliphatic hydroxyl groups is 1. The van der Waals surface area contributed by atoms with Gasteiger partial charge in [-0.15, -0.1) is 11.3 Å². The summed E-state index contributed by atoms with van der Waals surface area (Å²) in [6.45, 7) is 8.11. The summed E-state index contributed by atoms with van der Waals surface area (Å²) in [6.07, 6.45) is 2.35. The van der Waals surface area contributed by atoms with Gasteiger partial charge >= 0.3 is 0 Å². The number of carbonyl (C=O) groups excluding carboxylic acids is 5. The molecule has 1 saturated heterocycles. The maximum atomic E-state index is 13.9. The molecule has 1 aliphatic heterocycles. The molecule has 326 valence electrons. The number of nitrogens with one attached hydrogen (secondary N) is 4. The van der Waals surface area contributed by atoms with Gasteiger partial charge in [-0.05, 0) is 72.7 Å². The number of unbranched alkanes of at least 4 members (excludes halogenated alkanes) is 3. The smallest absolute Gasteiger partial charge is 0.255 e. The zero-order valence-corrected chi connectivity index (χ0v) is 36.0. The molecule has 4 aromatic rings. The minimum Gasteiger partial charge on any atom is -0.397 e. The van der Waals surface area contributed by atoms with Gasteiger partial charge in [0.1, 0.15) is 25.3 Å². The van der Waals surface area contributed by atoms with E-state index in [0.717, 1.165) is 41.0 Å². The van der Waals surface area contributed by atoms with Gasteiger partial charge in [0.2, 0.25) is 23.6 Å². The van der Waals surface area contributed by atoms with E-state index in [-0.39, 0.29) is 50.4 Å². The number of nitrogens with two attached hydrogens (primary N) is 1. The quantitative estimate of drug-likeness (QED) is 0.0499. The summed E-state index contributed by atoms with van der Waals surface area (Å²) in [5, 5.41) is 21.8. The van der Waals surface area contributed by atoms with Crippen molar-refractivity contribution >= 4 is 57.9 Å².